The van der Waals surface area contributed by atoms with Crippen LogP contribution in [0.25, 0.3) is 11.2 Å². The molecule has 14 N–H and O–H groups in total. The van der Waals surface area contributed by atoms with E-state index in [1.807, 2.05) is 0 Å². The number of phosphoric ester groups is 2. The maximum atomic E-state index is 12.3. The predicted octanol–water partition coefficient (Wildman–Crippen LogP) is 0.908. The summed E-state index contributed by atoms with van der Waals surface area (Å²) in [5.74, 6) is -0.297. The number of imidazole rings is 1. The minimum atomic E-state index is -6.46. The van der Waals surface area contributed by atoms with Gasteiger partial charge in [0.2, 0.25) is 5.91 Å². The van der Waals surface area contributed by atoms with Crippen molar-refractivity contribution in [3.63, 3.8) is 0 Å². The fourth-order valence-corrected chi connectivity index (χ4v) is 12.6. The molecule has 1 amide bonds. The Balaban J connectivity index is 1.41. The van der Waals surface area contributed by atoms with Gasteiger partial charge in [-0.3, -0.25) is 18.4 Å². The Bertz CT molecular complexity index is 1990. The number of carbonyl (C=O) groups is 1. The maximum absolute atomic E-state index is 12.3. The summed E-state index contributed by atoms with van der Waals surface area (Å²) in [5.41, 5.74) is 17.3. The maximum Gasteiger partial charge on any atom is 0.490 e. The van der Waals surface area contributed by atoms with Gasteiger partial charge in [-0.05, 0) is 32.2 Å². The van der Waals surface area contributed by atoms with Gasteiger partial charge in [0.25, 0.3) is 0 Å². The monoisotopic (exact) mass is 958 g/mol. The third-order valence-electron chi connectivity index (χ3n) is 7.27. The summed E-state index contributed by atoms with van der Waals surface area (Å²) in [4.78, 5) is 82.2. The molecule has 0 aliphatic carbocycles. The van der Waals surface area contributed by atoms with Crippen LogP contribution in [-0.4, -0.2) is 104 Å². The molecule has 2 aromatic rings. The number of phosphoric acid groups is 6. The first-order valence-electron chi connectivity index (χ1n) is 16.6. The number of anilines is 1. The van der Waals surface area contributed by atoms with Crippen LogP contribution < -0.4 is 22.5 Å². The number of amides is 1. The summed E-state index contributed by atoms with van der Waals surface area (Å²) in [6.07, 6.45) is 1.82. The number of fused-ring (bicyclic) bond motifs is 1. The minimum Gasteiger partial charge on any atom is -0.390 e. The average molecular weight is 958 g/mol. The van der Waals surface area contributed by atoms with E-state index in [1.54, 1.807) is 0 Å². The smallest absolute Gasteiger partial charge is 0.390 e. The number of rotatable bonds is 27. The number of nitrogen functional groups attached to an aromatic ring is 1. The molecule has 3 rings (SSSR count). The van der Waals surface area contributed by atoms with Crippen molar-refractivity contribution < 1.29 is 102 Å². The normalized spacial score (nSPS) is 24.1. The molecule has 7 unspecified atom stereocenters. The second kappa shape index (κ2) is 21.5. The van der Waals surface area contributed by atoms with Gasteiger partial charge >= 0.3 is 46.9 Å². The number of unbranched alkanes of at least 4 members (excludes halogenated alkanes) is 4. The summed E-state index contributed by atoms with van der Waals surface area (Å²) >= 11 is 0. The molecule has 1 fully saturated rings. The average Bonchev–Trinajstić information content (AvgIpc) is 3.65. The van der Waals surface area contributed by atoms with Gasteiger partial charge in [0.1, 0.15) is 24.2 Å². The number of nitrogens with one attached hydrogen (secondary N) is 1. The van der Waals surface area contributed by atoms with Crippen LogP contribution in [0.5, 0.6) is 0 Å². The topological polar surface area (TPSA) is 469 Å². The highest BCUT2D eigenvalue weighted by molar-refractivity contribution is 7.72. The molecule has 0 spiro atoms. The van der Waals surface area contributed by atoms with Crippen LogP contribution in [0.4, 0.5) is 5.82 Å². The second-order valence-electron chi connectivity index (χ2n) is 12.0. The van der Waals surface area contributed by atoms with Crippen LogP contribution >= 0.6 is 46.9 Å². The Morgan fingerprint density at radius 3 is 1.95 bits per heavy atom. The Kier molecular flexibility index (Phi) is 18.9. The quantitative estimate of drug-likeness (QED) is 0.0438. The van der Waals surface area contributed by atoms with Crippen LogP contribution in [0.3, 0.4) is 0 Å². The first-order valence-corrected chi connectivity index (χ1v) is 25.5. The minimum absolute atomic E-state index is 0.0393. The molecule has 58 heavy (non-hydrogen) atoms. The van der Waals surface area contributed by atoms with Gasteiger partial charge in [0, 0.05) is 13.0 Å². The number of ether oxygens (including phenoxy) is 1. The molecular weight excluding hydrogens is 914 g/mol. The van der Waals surface area contributed by atoms with Gasteiger partial charge in [-0.15, -0.1) is 0 Å². The lowest BCUT2D eigenvalue weighted by molar-refractivity contribution is -0.122. The number of hydrogen-bond donors (Lipinski definition) is 11. The van der Waals surface area contributed by atoms with Crippen LogP contribution in [0, 0.1) is 0 Å². The molecular formula is C22H44N8O22P6. The molecule has 2 aromatic heterocycles. The standard InChI is InChI=1S/C22H44N8O22P6/c23-8-4-3-7-15(24)22(32)26-9-5-1-2-6-10-45-53(33,34)48-55(37,38)50-57(41,42)52-58(43,44)51-56(39,40)49-54(35,36)46-12-17-16(31)11-18(47-17)30-14-29-19-20(25)27-13-28-21(19)30/h13-18,31H,1-12,23-24H2,(H,26,32)(H,33,34)(H,35,36)(H,37,38)(H,39,40)(H,41,42)(H,43,44)(H2,25,27,28)/t15?,16-,17-,18-/m1/s1. The molecule has 1 aliphatic heterocycles. The van der Waals surface area contributed by atoms with E-state index in [0.29, 0.717) is 38.6 Å². The largest absolute Gasteiger partial charge is 0.490 e. The zero-order valence-corrected chi connectivity index (χ0v) is 35.3. The van der Waals surface area contributed by atoms with Gasteiger partial charge in [-0.25, -0.2) is 42.3 Å². The van der Waals surface area contributed by atoms with Gasteiger partial charge in [0.05, 0.1) is 31.7 Å². The van der Waals surface area contributed by atoms with Gasteiger partial charge in [-0.2, -0.15) is 21.6 Å². The van der Waals surface area contributed by atoms with E-state index < -0.39 is 84.6 Å². The van der Waals surface area contributed by atoms with Crippen molar-refractivity contribution in [3.8, 4) is 0 Å². The summed E-state index contributed by atoms with van der Waals surface area (Å²) in [6, 6.07) is -0.683. The van der Waals surface area contributed by atoms with Crippen LogP contribution in [0.15, 0.2) is 12.7 Å². The molecule has 10 atom stereocenters. The molecule has 0 radical (unpaired) electrons. The van der Waals surface area contributed by atoms with Crippen molar-refractivity contribution in [3.05, 3.63) is 12.7 Å². The Morgan fingerprint density at radius 2 is 1.36 bits per heavy atom. The number of carbonyl (C=O) groups excluding carboxylic acids is 1. The summed E-state index contributed by atoms with van der Waals surface area (Å²) in [5, 5.41) is 13.0. The van der Waals surface area contributed by atoms with Crippen molar-refractivity contribution in [1.29, 1.82) is 0 Å². The second-order valence-corrected chi connectivity index (χ2v) is 21.4. The van der Waals surface area contributed by atoms with E-state index in [0.717, 1.165) is 12.7 Å². The molecule has 1 aliphatic rings. The number of aliphatic hydroxyl groups excluding tert-OH is 1. The summed E-state index contributed by atoms with van der Waals surface area (Å²) in [6.45, 7) is -0.806. The highest BCUT2D eigenvalue weighted by Crippen LogP contribution is 2.75. The van der Waals surface area contributed by atoms with Gasteiger partial charge in [0.15, 0.2) is 11.5 Å². The Morgan fingerprint density at radius 1 is 0.810 bits per heavy atom. The first kappa shape index (κ1) is 50.9. The molecule has 334 valence electrons. The van der Waals surface area contributed by atoms with Crippen molar-refractivity contribution in [1.82, 2.24) is 24.8 Å². The van der Waals surface area contributed by atoms with Crippen LogP contribution in [-0.2, 0) is 67.5 Å². The molecule has 30 nitrogen and oxygen atoms in total. The van der Waals surface area contributed by atoms with Crippen LogP contribution in [0.2, 0.25) is 0 Å². The number of nitrogens with zero attached hydrogens (tertiary/aromatic N) is 4. The van der Waals surface area contributed by atoms with E-state index in [9.17, 15) is 66.7 Å². The molecule has 3 heterocycles. The summed E-state index contributed by atoms with van der Waals surface area (Å²) in [7, 11) is -36.7. The van der Waals surface area contributed by atoms with E-state index in [1.165, 1.54) is 10.9 Å². The zero-order valence-electron chi connectivity index (χ0n) is 29.9. The Labute approximate surface area is 328 Å². The van der Waals surface area contributed by atoms with Crippen molar-refractivity contribution in [2.45, 2.75) is 75.8 Å². The fourth-order valence-electron chi connectivity index (χ4n) is 4.79. The lowest BCUT2D eigenvalue weighted by atomic mass is 10.1. The lowest BCUT2D eigenvalue weighted by Crippen LogP contribution is -2.40. The number of aliphatic hydroxyl groups is 1. The van der Waals surface area contributed by atoms with E-state index in [2.05, 4.69) is 50.9 Å². The predicted molar refractivity (Wildman–Crippen MR) is 193 cm³/mol. The number of aromatic nitrogens is 4. The highest BCUT2D eigenvalue weighted by Gasteiger charge is 2.50. The van der Waals surface area contributed by atoms with E-state index in [4.69, 9.17) is 21.9 Å². The SMILES string of the molecule is NCCCCC(N)C(=O)NCCCCCCOP(=O)(O)OP(=O)(O)OP(=O)(O)OP(=O)(O)OP(=O)(O)OP(=O)(O)OC[C@H]1O[C@@H](n2cnc3c(N)ncnc32)C[C@H]1O. The van der Waals surface area contributed by atoms with Gasteiger partial charge < -0.3 is 61.7 Å². The number of nitrogens with two attached hydrogens (primary N) is 3. The van der Waals surface area contributed by atoms with Crippen molar-refractivity contribution in [2.75, 3.05) is 32.0 Å². The molecule has 0 saturated carbocycles. The van der Waals surface area contributed by atoms with Crippen LogP contribution in [0.1, 0.15) is 57.6 Å². The molecule has 0 aromatic carbocycles. The first-order chi connectivity index (χ1) is 26.7. The van der Waals surface area contributed by atoms with E-state index >= 15 is 0 Å². The zero-order chi connectivity index (χ0) is 43.6. The third-order valence-corrected chi connectivity index (χ3v) is 16.5. The van der Waals surface area contributed by atoms with Gasteiger partial charge in [-0.1, -0.05) is 19.3 Å². The number of hydrogen-bond acceptors (Lipinski definition) is 22. The fraction of sp³-hybridized carbons (Fsp3) is 0.727. The molecule has 36 heteroatoms. The lowest BCUT2D eigenvalue weighted by Gasteiger charge is -2.21. The summed E-state index contributed by atoms with van der Waals surface area (Å²) < 4.78 is 108. The third kappa shape index (κ3) is 17.5. The van der Waals surface area contributed by atoms with E-state index in [-0.39, 0.29) is 42.3 Å². The Hall–Kier alpha value is -1.48. The van der Waals surface area contributed by atoms with Crippen molar-refractivity contribution in [2.24, 2.45) is 11.5 Å². The highest BCUT2D eigenvalue weighted by atomic mass is 31.3. The molecule has 1 saturated heterocycles. The van der Waals surface area contributed by atoms with Crippen molar-refractivity contribution >= 4 is 69.8 Å². The molecule has 0 bridgehead atoms.